The van der Waals surface area contributed by atoms with Crippen molar-refractivity contribution in [2.45, 2.75) is 32.6 Å². The van der Waals surface area contributed by atoms with Gasteiger partial charge in [-0.1, -0.05) is 13.3 Å². The maximum Gasteiger partial charge on any atom is 0.260 e. The lowest BCUT2D eigenvalue weighted by Crippen LogP contribution is -2.13. The van der Waals surface area contributed by atoms with Crippen LogP contribution in [0.3, 0.4) is 0 Å². The SMILES string of the molecule is CCC1CCc2c(sc(NC(=O)c3ccc(OC)cc3OC)c2C#N)C1. The Kier molecular flexibility index (Phi) is 5.48. The van der Waals surface area contributed by atoms with E-state index in [-0.39, 0.29) is 5.91 Å². The lowest BCUT2D eigenvalue weighted by atomic mass is 9.86. The summed E-state index contributed by atoms with van der Waals surface area (Å²) in [5, 5.41) is 13.2. The van der Waals surface area contributed by atoms with Gasteiger partial charge in [0.25, 0.3) is 5.91 Å². The molecule has 1 heterocycles. The summed E-state index contributed by atoms with van der Waals surface area (Å²) < 4.78 is 10.5. The molecule has 1 atom stereocenters. The molecule has 0 saturated heterocycles. The van der Waals surface area contributed by atoms with Gasteiger partial charge in [-0.3, -0.25) is 4.79 Å². The minimum Gasteiger partial charge on any atom is -0.497 e. The summed E-state index contributed by atoms with van der Waals surface area (Å²) in [5.41, 5.74) is 2.13. The number of nitriles is 1. The minimum absolute atomic E-state index is 0.286. The lowest BCUT2D eigenvalue weighted by Gasteiger charge is -2.20. The van der Waals surface area contributed by atoms with E-state index in [1.807, 2.05) is 0 Å². The normalized spacial score (nSPS) is 15.7. The molecule has 136 valence electrons. The second-order valence-corrected chi connectivity index (χ2v) is 7.46. The minimum atomic E-state index is -0.286. The summed E-state index contributed by atoms with van der Waals surface area (Å²) in [6.45, 7) is 2.20. The molecule has 1 unspecified atom stereocenters. The first-order chi connectivity index (χ1) is 12.6. The summed E-state index contributed by atoms with van der Waals surface area (Å²) in [5.74, 6) is 1.44. The second kappa shape index (κ2) is 7.79. The molecule has 0 aliphatic heterocycles. The third kappa shape index (κ3) is 3.40. The van der Waals surface area contributed by atoms with Crippen LogP contribution in [0.2, 0.25) is 0 Å². The smallest absolute Gasteiger partial charge is 0.260 e. The number of hydrogen-bond acceptors (Lipinski definition) is 5. The number of rotatable bonds is 5. The van der Waals surface area contributed by atoms with Crippen LogP contribution >= 0.6 is 11.3 Å². The maximum absolute atomic E-state index is 12.8. The van der Waals surface area contributed by atoms with E-state index in [1.54, 1.807) is 25.3 Å². The zero-order valence-corrected chi connectivity index (χ0v) is 16.0. The van der Waals surface area contributed by atoms with Gasteiger partial charge < -0.3 is 14.8 Å². The first kappa shape index (κ1) is 18.3. The summed E-state index contributed by atoms with van der Waals surface area (Å²) in [6.07, 6.45) is 4.15. The molecule has 0 fully saturated rings. The van der Waals surface area contributed by atoms with E-state index in [9.17, 15) is 10.1 Å². The van der Waals surface area contributed by atoms with Gasteiger partial charge in [0.15, 0.2) is 0 Å². The highest BCUT2D eigenvalue weighted by atomic mass is 32.1. The molecule has 0 radical (unpaired) electrons. The molecule has 2 aromatic rings. The third-order valence-electron chi connectivity index (χ3n) is 4.94. The third-order valence-corrected chi connectivity index (χ3v) is 6.11. The Balaban J connectivity index is 1.89. The molecule has 1 aliphatic carbocycles. The van der Waals surface area contributed by atoms with Crippen LogP contribution in [0.1, 0.15) is 46.1 Å². The van der Waals surface area contributed by atoms with Crippen LogP contribution < -0.4 is 14.8 Å². The summed E-state index contributed by atoms with van der Waals surface area (Å²) in [7, 11) is 3.08. The summed E-state index contributed by atoms with van der Waals surface area (Å²) >= 11 is 1.53. The van der Waals surface area contributed by atoms with Crippen molar-refractivity contribution in [2.24, 2.45) is 5.92 Å². The van der Waals surface area contributed by atoms with Crippen LogP contribution in [0.4, 0.5) is 5.00 Å². The first-order valence-electron chi connectivity index (χ1n) is 8.69. The van der Waals surface area contributed by atoms with Crippen molar-refractivity contribution in [3.05, 3.63) is 39.8 Å². The molecule has 0 bridgehead atoms. The lowest BCUT2D eigenvalue weighted by molar-refractivity contribution is 0.102. The number of benzene rings is 1. The van der Waals surface area contributed by atoms with Gasteiger partial charge >= 0.3 is 0 Å². The number of fused-ring (bicyclic) bond motifs is 1. The molecule has 26 heavy (non-hydrogen) atoms. The summed E-state index contributed by atoms with van der Waals surface area (Å²) in [6, 6.07) is 7.34. The highest BCUT2D eigenvalue weighted by molar-refractivity contribution is 7.16. The van der Waals surface area contributed by atoms with Crippen molar-refractivity contribution in [3.63, 3.8) is 0 Å². The topological polar surface area (TPSA) is 71.3 Å². The Hall–Kier alpha value is -2.52. The van der Waals surface area contributed by atoms with Crippen molar-refractivity contribution in [1.29, 1.82) is 5.26 Å². The molecular weight excluding hydrogens is 348 g/mol. The zero-order valence-electron chi connectivity index (χ0n) is 15.2. The van der Waals surface area contributed by atoms with Gasteiger partial charge in [0.05, 0.1) is 25.3 Å². The van der Waals surface area contributed by atoms with E-state index in [2.05, 4.69) is 18.3 Å². The number of amides is 1. The fourth-order valence-corrected chi connectivity index (χ4v) is 4.67. The molecule has 0 spiro atoms. The largest absolute Gasteiger partial charge is 0.497 e. The molecule has 6 heteroatoms. The van der Waals surface area contributed by atoms with E-state index in [0.717, 1.165) is 31.2 Å². The van der Waals surface area contributed by atoms with Crippen LogP contribution in [0.25, 0.3) is 0 Å². The molecule has 1 amide bonds. The standard InChI is InChI=1S/C20H22N2O3S/c1-4-12-5-7-14-16(11-21)20(26-18(14)9-12)22-19(23)15-8-6-13(24-2)10-17(15)25-3/h6,8,10,12H,4-5,7,9H2,1-3H3,(H,22,23). The van der Waals surface area contributed by atoms with Crippen LogP contribution in [0.5, 0.6) is 11.5 Å². The number of hydrogen-bond donors (Lipinski definition) is 1. The molecule has 1 aromatic heterocycles. The van der Waals surface area contributed by atoms with Crippen LogP contribution in [0, 0.1) is 17.2 Å². The second-order valence-electron chi connectivity index (χ2n) is 6.36. The van der Waals surface area contributed by atoms with Crippen LogP contribution in [-0.4, -0.2) is 20.1 Å². The predicted octanol–water partition coefficient (Wildman–Crippen LogP) is 4.40. The van der Waals surface area contributed by atoms with Crippen LogP contribution in [0.15, 0.2) is 18.2 Å². The molecule has 0 saturated carbocycles. The van der Waals surface area contributed by atoms with Crippen molar-refractivity contribution < 1.29 is 14.3 Å². The number of nitrogens with one attached hydrogen (secondary N) is 1. The maximum atomic E-state index is 12.8. The number of anilines is 1. The molecular formula is C20H22N2O3S. The van der Waals surface area contributed by atoms with E-state index >= 15 is 0 Å². The monoisotopic (exact) mass is 370 g/mol. The highest BCUT2D eigenvalue weighted by Gasteiger charge is 2.26. The van der Waals surface area contributed by atoms with Gasteiger partial charge in [-0.05, 0) is 42.9 Å². The number of methoxy groups -OCH3 is 2. The van der Waals surface area contributed by atoms with Crippen LogP contribution in [-0.2, 0) is 12.8 Å². The quantitative estimate of drug-likeness (QED) is 0.846. The number of ether oxygens (including phenoxy) is 2. The van der Waals surface area contributed by atoms with Gasteiger partial charge in [-0.25, -0.2) is 0 Å². The predicted molar refractivity (Wildman–Crippen MR) is 102 cm³/mol. The average molecular weight is 370 g/mol. The fourth-order valence-electron chi connectivity index (χ4n) is 3.37. The molecule has 3 rings (SSSR count). The molecule has 1 aromatic carbocycles. The Morgan fingerprint density at radius 2 is 2.19 bits per heavy atom. The Morgan fingerprint density at radius 1 is 1.38 bits per heavy atom. The first-order valence-corrected chi connectivity index (χ1v) is 9.50. The van der Waals surface area contributed by atoms with Crippen molar-refractivity contribution >= 4 is 22.2 Å². The number of nitrogens with zero attached hydrogens (tertiary/aromatic N) is 1. The number of thiophene rings is 1. The Morgan fingerprint density at radius 3 is 2.85 bits per heavy atom. The van der Waals surface area contributed by atoms with E-state index in [1.165, 1.54) is 23.3 Å². The van der Waals surface area contributed by atoms with E-state index in [4.69, 9.17) is 9.47 Å². The average Bonchev–Trinajstić information content (AvgIpc) is 3.02. The molecule has 5 nitrogen and oxygen atoms in total. The van der Waals surface area contributed by atoms with E-state index < -0.39 is 0 Å². The number of carbonyl (C=O) groups is 1. The zero-order chi connectivity index (χ0) is 18.7. The van der Waals surface area contributed by atoms with Gasteiger partial charge in [0.2, 0.25) is 0 Å². The van der Waals surface area contributed by atoms with Crippen molar-refractivity contribution in [3.8, 4) is 17.6 Å². The Labute approximate surface area is 157 Å². The van der Waals surface area contributed by atoms with Crippen molar-refractivity contribution in [2.75, 3.05) is 19.5 Å². The van der Waals surface area contributed by atoms with Gasteiger partial charge in [0, 0.05) is 10.9 Å². The highest BCUT2D eigenvalue weighted by Crippen LogP contribution is 2.40. The van der Waals surface area contributed by atoms with Crippen molar-refractivity contribution in [1.82, 2.24) is 0 Å². The number of carbonyl (C=O) groups excluding carboxylic acids is 1. The molecule has 1 N–H and O–H groups in total. The summed E-state index contributed by atoms with van der Waals surface area (Å²) in [4.78, 5) is 14.0. The van der Waals surface area contributed by atoms with Gasteiger partial charge in [0.1, 0.15) is 22.6 Å². The van der Waals surface area contributed by atoms with Gasteiger partial charge in [-0.2, -0.15) is 5.26 Å². The molecule has 1 aliphatic rings. The Bertz CT molecular complexity index is 867. The van der Waals surface area contributed by atoms with E-state index in [0.29, 0.717) is 33.5 Å². The fraction of sp³-hybridized carbons (Fsp3) is 0.400. The van der Waals surface area contributed by atoms with Gasteiger partial charge in [-0.15, -0.1) is 11.3 Å².